The molecule has 28 nitrogen and oxygen atoms in total. The number of nitrogens with zero attached hydrogens (tertiary/aromatic N) is 2. The van der Waals surface area contributed by atoms with Gasteiger partial charge in [0, 0.05) is 24.5 Å². The molecule has 32 heteroatoms. The Hall–Kier alpha value is -4.39. The Morgan fingerprint density at radius 2 is 0.986 bits per heavy atom. The fraction of sp³-hybridized carbons (Fsp3) is 0.703. The minimum absolute atomic E-state index is 0.519. The molecule has 0 radical (unpaired) electrons. The molecule has 7 N–H and O–H groups in total. The third-order valence-electron chi connectivity index (χ3n) is 10.1. The lowest BCUT2D eigenvalue weighted by Crippen LogP contribution is -2.53. The number of aliphatic hydroxyl groups excluding tert-OH is 2. The van der Waals surface area contributed by atoms with Crippen LogP contribution in [0.4, 0.5) is 8.78 Å². The van der Waals surface area contributed by atoms with Crippen LogP contribution < -0.4 is 22.5 Å². The monoisotopic (exact) mass is 1040 g/mol. The average Bonchev–Trinajstić information content (AvgIpc) is 3.59. The number of esters is 3. The van der Waals surface area contributed by atoms with E-state index >= 15 is 0 Å². The predicted octanol–water partition coefficient (Wildman–Crippen LogP) is -0.467. The van der Waals surface area contributed by atoms with Gasteiger partial charge in [-0.15, -0.1) is 0 Å². The van der Waals surface area contributed by atoms with E-state index in [0.717, 1.165) is 38.4 Å². The molecule has 0 amide bonds. The van der Waals surface area contributed by atoms with Gasteiger partial charge in [-0.3, -0.25) is 52.1 Å². The number of phosphoric acid groups is 2. The van der Waals surface area contributed by atoms with Crippen molar-refractivity contribution < 1.29 is 104 Å². The largest absolute Gasteiger partial charge is 0.480 e. The van der Waals surface area contributed by atoms with E-state index in [9.17, 15) is 76.8 Å². The summed E-state index contributed by atoms with van der Waals surface area (Å²) in [6, 6.07) is 1.87. The number of hydrogen-bond donors (Lipinski definition) is 7. The highest BCUT2D eigenvalue weighted by Gasteiger charge is 2.64. The second-order valence-electron chi connectivity index (χ2n) is 16.7. The maximum Gasteiger partial charge on any atom is 0.480 e. The number of ether oxygens (including phenoxy) is 5. The molecule has 2 aliphatic rings. The van der Waals surface area contributed by atoms with Gasteiger partial charge in [0.1, 0.15) is 36.8 Å². The number of aliphatic hydroxyl groups is 4. The molecule has 2 aliphatic heterocycles. The lowest BCUT2D eigenvalue weighted by Gasteiger charge is -2.31. The van der Waals surface area contributed by atoms with E-state index < -0.39 is 168 Å². The first-order chi connectivity index (χ1) is 31.8. The van der Waals surface area contributed by atoms with E-state index in [1.807, 2.05) is 9.97 Å². The highest BCUT2D eigenvalue weighted by Crippen LogP contribution is 2.53. The van der Waals surface area contributed by atoms with Crippen molar-refractivity contribution in [2.24, 2.45) is 17.8 Å². The highest BCUT2D eigenvalue weighted by molar-refractivity contribution is 7.48. The van der Waals surface area contributed by atoms with E-state index in [0.29, 0.717) is 9.13 Å². The molecule has 0 spiro atoms. The molecule has 2 fully saturated rings. The maximum absolute atomic E-state index is 14.3. The van der Waals surface area contributed by atoms with Gasteiger partial charge >= 0.3 is 44.9 Å². The van der Waals surface area contributed by atoms with Gasteiger partial charge in [-0.25, -0.2) is 41.1 Å². The summed E-state index contributed by atoms with van der Waals surface area (Å²) in [6.07, 6.45) is -5.59. The molecule has 1 unspecified atom stereocenters. The summed E-state index contributed by atoms with van der Waals surface area (Å²) >= 11 is 0. The number of phosphoric ester groups is 2. The zero-order valence-electron chi connectivity index (χ0n) is 38.3. The summed E-state index contributed by atoms with van der Waals surface area (Å²) in [6.45, 7) is 3.28. The molecular formula is C37H56F2N4O24P2. The number of carbonyl (C=O) groups excluding carboxylic acids is 3. The maximum atomic E-state index is 14.3. The molecule has 2 aromatic rings. The minimum atomic E-state index is -4.90. The fourth-order valence-electron chi connectivity index (χ4n) is 6.04. The van der Waals surface area contributed by atoms with Gasteiger partial charge < -0.3 is 49.0 Å². The van der Waals surface area contributed by atoms with Crippen LogP contribution in [0.25, 0.3) is 0 Å². The van der Waals surface area contributed by atoms with Crippen molar-refractivity contribution in [3.8, 4) is 0 Å². The zero-order chi connectivity index (χ0) is 52.5. The third kappa shape index (κ3) is 14.6. The van der Waals surface area contributed by atoms with Crippen LogP contribution in [0.5, 0.6) is 0 Å². The van der Waals surface area contributed by atoms with Crippen molar-refractivity contribution in [3.05, 3.63) is 66.2 Å². The summed E-state index contributed by atoms with van der Waals surface area (Å²) in [5.41, 5.74) is -12.9. The van der Waals surface area contributed by atoms with Gasteiger partial charge in [-0.05, 0) is 13.8 Å². The zero-order valence-corrected chi connectivity index (χ0v) is 40.1. The first-order valence-corrected chi connectivity index (χ1v) is 23.4. The van der Waals surface area contributed by atoms with Crippen LogP contribution in [0.15, 0.2) is 43.7 Å². The summed E-state index contributed by atoms with van der Waals surface area (Å²) < 4.78 is 104. The van der Waals surface area contributed by atoms with Crippen LogP contribution in [-0.4, -0.2) is 144 Å². The Morgan fingerprint density at radius 1 is 0.652 bits per heavy atom. The van der Waals surface area contributed by atoms with Crippen LogP contribution in [-0.2, 0) is 69.8 Å². The van der Waals surface area contributed by atoms with Crippen LogP contribution in [0.1, 0.15) is 67.8 Å². The Bertz CT molecular complexity index is 2410. The molecule has 0 aliphatic carbocycles. The quantitative estimate of drug-likeness (QED) is 0.0339. The number of aromatic amines is 2. The highest BCUT2D eigenvalue weighted by atomic mass is 31.2. The normalized spacial score (nSPS) is 27.7. The van der Waals surface area contributed by atoms with Crippen molar-refractivity contribution in [1.82, 2.24) is 19.1 Å². The molecular weight excluding hydrogens is 984 g/mol. The summed E-state index contributed by atoms with van der Waals surface area (Å²) in [4.78, 5) is 95.1. The van der Waals surface area contributed by atoms with Crippen LogP contribution in [0, 0.1) is 17.8 Å². The minimum Gasteiger partial charge on any atom is -0.438 e. The Balaban J connectivity index is 0.000000373. The van der Waals surface area contributed by atoms with Crippen molar-refractivity contribution in [2.45, 2.75) is 102 Å². The van der Waals surface area contributed by atoms with Crippen molar-refractivity contribution in [2.75, 3.05) is 46.9 Å². The molecule has 0 aromatic carbocycles. The van der Waals surface area contributed by atoms with Gasteiger partial charge in [-0.2, -0.15) is 0 Å². The van der Waals surface area contributed by atoms with E-state index in [-0.39, 0.29) is 0 Å². The molecule has 2 saturated heterocycles. The first-order valence-electron chi connectivity index (χ1n) is 20.4. The summed E-state index contributed by atoms with van der Waals surface area (Å²) in [7, 11) is -9.68. The number of hydrogen-bond acceptors (Lipinski definition) is 23. The van der Waals surface area contributed by atoms with Gasteiger partial charge in [0.2, 0.25) is 20.4 Å². The summed E-state index contributed by atoms with van der Waals surface area (Å²) in [5.74, 6) is -3.78. The van der Waals surface area contributed by atoms with Crippen molar-refractivity contribution in [3.63, 3.8) is 0 Å². The molecule has 4 rings (SSSR count). The molecule has 4 heterocycles. The van der Waals surface area contributed by atoms with E-state index in [4.69, 9.17) is 32.5 Å². The van der Waals surface area contributed by atoms with Crippen LogP contribution in [0.2, 0.25) is 0 Å². The SMILES string of the molecule is CC(C)C(=O)OCOP(=O)(O)OC[C@@]1(CF)O[C@@H](n2ccc(=O)[nH]c2=O)[C@](C)(O)[C@@H]1O.CC(C)C(=O)OCOP(=O)(OCOC(=O)C(C)C)OC[C@@]1(CF)O[C@@H](n2ccc(=O)[nH]c2=O)[C@](C)(O)[C@@H]1O. The van der Waals surface area contributed by atoms with E-state index in [1.165, 1.54) is 41.5 Å². The smallest absolute Gasteiger partial charge is 0.438 e. The standard InChI is InChI=1S/C21H32FN2O13P.C16H24FN2O11P/c1-12(2)15(26)32-10-35-38(31,36-11-33-16(27)13(3)4)34-9-21(8-22)17(28)20(5,30)18(37-21)24-7-6-14(25)23-19(24)29;1-9(2)11(21)27-8-29-31(25,26)28-7-16(6-17)12(22)15(3,24)13(30-16)19-5-4-10(20)18-14(19)23/h6-7,12-13,17-18,28,30H,8-11H2,1-5H3,(H,23,25,29);4-5,9,12-13,22,24H,6-8H2,1-3H3,(H,25,26)(H,18,20,23)/t17-,18+,20+,21+;12-,13+,15+,16+/m00/s1. The van der Waals surface area contributed by atoms with Crippen molar-refractivity contribution in [1.29, 1.82) is 0 Å². The number of aromatic nitrogens is 4. The third-order valence-corrected chi connectivity index (χ3v) is 12.2. The Kier molecular flexibility index (Phi) is 20.2. The first kappa shape index (κ1) is 58.9. The Labute approximate surface area is 389 Å². The fourth-order valence-corrected chi connectivity index (χ4v) is 7.64. The van der Waals surface area contributed by atoms with Gasteiger partial charge in [0.25, 0.3) is 11.1 Å². The van der Waals surface area contributed by atoms with E-state index in [2.05, 4.69) is 13.8 Å². The van der Waals surface area contributed by atoms with Gasteiger partial charge in [-0.1, -0.05) is 41.5 Å². The Morgan fingerprint density at radius 3 is 1.30 bits per heavy atom. The molecule has 0 saturated carbocycles. The lowest BCUT2D eigenvalue weighted by atomic mass is 9.88. The average molecular weight is 1040 g/mol. The predicted molar refractivity (Wildman–Crippen MR) is 224 cm³/mol. The molecule has 9 atom stereocenters. The molecule has 2 aromatic heterocycles. The van der Waals surface area contributed by atoms with Gasteiger partial charge in [0.05, 0.1) is 31.0 Å². The summed E-state index contributed by atoms with van der Waals surface area (Å²) in [5, 5.41) is 42.8. The number of halogens is 2. The van der Waals surface area contributed by atoms with Crippen molar-refractivity contribution >= 4 is 33.6 Å². The number of rotatable bonds is 22. The lowest BCUT2D eigenvalue weighted by molar-refractivity contribution is -0.161. The van der Waals surface area contributed by atoms with E-state index in [1.54, 1.807) is 0 Å². The number of carbonyl (C=O) groups is 3. The topological polar surface area (TPSA) is 389 Å². The number of alkyl halides is 2. The number of nitrogens with one attached hydrogen (secondary N) is 2. The second-order valence-corrected chi connectivity index (χ2v) is 19.8. The number of H-pyrrole nitrogens is 2. The molecule has 392 valence electrons. The second kappa shape index (κ2) is 23.7. The van der Waals surface area contributed by atoms with Crippen LogP contribution in [0.3, 0.4) is 0 Å². The van der Waals surface area contributed by atoms with Gasteiger partial charge in [0.15, 0.2) is 23.7 Å². The molecule has 0 bridgehead atoms. The van der Waals surface area contributed by atoms with Crippen LogP contribution >= 0.6 is 15.6 Å². The molecule has 69 heavy (non-hydrogen) atoms.